The number of carbonyl (C=O) groups excluding carboxylic acids is 2. The van der Waals surface area contributed by atoms with Gasteiger partial charge in [0.2, 0.25) is 0 Å². The smallest absolute Gasteiger partial charge is 0.329 e. The zero-order valence-electron chi connectivity index (χ0n) is 15.0. The molecular formula is C19H18BrClFN3O3. The van der Waals surface area contributed by atoms with Crippen molar-refractivity contribution >= 4 is 45.6 Å². The average Bonchev–Trinajstić information content (AvgIpc) is 2.67. The van der Waals surface area contributed by atoms with Gasteiger partial charge in [0.15, 0.2) is 0 Å². The SMILES string of the molecule is CCCNC(=O)C(=O)N/N=C\c1ccc(OCc2c(F)cccc2Cl)c(Br)c1. The Morgan fingerprint density at radius 2 is 2.07 bits per heavy atom. The van der Waals surface area contributed by atoms with Gasteiger partial charge in [0, 0.05) is 12.1 Å². The molecular weight excluding hydrogens is 453 g/mol. The number of hydrogen-bond acceptors (Lipinski definition) is 4. The standard InChI is InChI=1S/C19H18BrClFN3O3/c1-2-8-23-18(26)19(27)25-24-10-12-6-7-17(14(20)9-12)28-11-13-15(21)4-3-5-16(13)22/h3-7,9-10H,2,8,11H2,1H3,(H,23,26)(H,25,27)/b24-10-. The van der Waals surface area contributed by atoms with Crippen LogP contribution >= 0.6 is 27.5 Å². The van der Waals surface area contributed by atoms with Crippen LogP contribution < -0.4 is 15.5 Å². The fourth-order valence-corrected chi connectivity index (χ4v) is 2.80. The molecule has 0 fully saturated rings. The van der Waals surface area contributed by atoms with Crippen LogP contribution in [0.15, 0.2) is 46.0 Å². The quantitative estimate of drug-likeness (QED) is 0.367. The number of amides is 2. The van der Waals surface area contributed by atoms with E-state index in [2.05, 4.69) is 31.8 Å². The Bertz CT molecular complexity index is 872. The Labute approximate surface area is 175 Å². The van der Waals surface area contributed by atoms with E-state index < -0.39 is 17.6 Å². The Morgan fingerprint density at radius 1 is 1.29 bits per heavy atom. The van der Waals surface area contributed by atoms with Gasteiger partial charge in [-0.05, 0) is 58.2 Å². The molecule has 0 saturated carbocycles. The molecule has 0 aromatic heterocycles. The van der Waals surface area contributed by atoms with E-state index in [1.807, 2.05) is 6.92 Å². The maximum absolute atomic E-state index is 13.8. The fraction of sp³-hybridized carbons (Fsp3) is 0.211. The minimum absolute atomic E-state index is 0.0273. The molecule has 0 atom stereocenters. The van der Waals surface area contributed by atoms with Crippen molar-refractivity contribution in [3.05, 3.63) is 62.8 Å². The van der Waals surface area contributed by atoms with Crippen LogP contribution in [0.1, 0.15) is 24.5 Å². The van der Waals surface area contributed by atoms with E-state index in [1.54, 1.807) is 24.3 Å². The summed E-state index contributed by atoms with van der Waals surface area (Å²) in [5.41, 5.74) is 3.07. The minimum atomic E-state index is -0.842. The van der Waals surface area contributed by atoms with Crippen molar-refractivity contribution in [1.29, 1.82) is 0 Å². The number of ether oxygens (including phenoxy) is 1. The van der Waals surface area contributed by atoms with E-state index in [0.29, 0.717) is 27.4 Å². The van der Waals surface area contributed by atoms with Crippen molar-refractivity contribution in [2.75, 3.05) is 6.54 Å². The fourth-order valence-electron chi connectivity index (χ4n) is 2.07. The molecule has 2 aromatic rings. The number of hydrazone groups is 1. The van der Waals surface area contributed by atoms with Crippen molar-refractivity contribution in [3.8, 4) is 5.75 Å². The number of halogens is 3. The summed E-state index contributed by atoms with van der Waals surface area (Å²) in [6.07, 6.45) is 2.11. The number of rotatable bonds is 7. The first-order chi connectivity index (χ1) is 13.4. The Balaban J connectivity index is 1.94. The van der Waals surface area contributed by atoms with Crippen molar-refractivity contribution in [3.63, 3.8) is 0 Å². The van der Waals surface area contributed by atoms with Gasteiger partial charge in [0.1, 0.15) is 18.2 Å². The van der Waals surface area contributed by atoms with Gasteiger partial charge in [-0.15, -0.1) is 0 Å². The van der Waals surface area contributed by atoms with Crippen LogP contribution in [0, 0.1) is 5.82 Å². The normalized spacial score (nSPS) is 10.7. The van der Waals surface area contributed by atoms with Crippen molar-refractivity contribution in [2.24, 2.45) is 5.10 Å². The van der Waals surface area contributed by atoms with E-state index in [9.17, 15) is 14.0 Å². The molecule has 0 unspecified atom stereocenters. The molecule has 0 aliphatic carbocycles. The zero-order chi connectivity index (χ0) is 20.5. The first-order valence-corrected chi connectivity index (χ1v) is 9.56. The number of nitrogens with one attached hydrogen (secondary N) is 2. The predicted molar refractivity (Wildman–Crippen MR) is 109 cm³/mol. The second-order valence-electron chi connectivity index (χ2n) is 5.63. The van der Waals surface area contributed by atoms with E-state index in [1.165, 1.54) is 18.3 Å². The van der Waals surface area contributed by atoms with Gasteiger partial charge < -0.3 is 10.1 Å². The number of carbonyl (C=O) groups is 2. The van der Waals surface area contributed by atoms with Gasteiger partial charge in [0.25, 0.3) is 0 Å². The summed E-state index contributed by atoms with van der Waals surface area (Å²) in [6.45, 7) is 2.27. The minimum Gasteiger partial charge on any atom is -0.488 e. The largest absolute Gasteiger partial charge is 0.488 e. The summed E-state index contributed by atoms with van der Waals surface area (Å²) in [5, 5.41) is 6.48. The second-order valence-corrected chi connectivity index (χ2v) is 6.90. The summed E-state index contributed by atoms with van der Waals surface area (Å²) in [5.74, 6) is -1.54. The summed E-state index contributed by atoms with van der Waals surface area (Å²) in [6, 6.07) is 9.49. The lowest BCUT2D eigenvalue weighted by Crippen LogP contribution is -2.38. The van der Waals surface area contributed by atoms with Gasteiger partial charge in [-0.1, -0.05) is 24.6 Å². The molecule has 6 nitrogen and oxygen atoms in total. The lowest BCUT2D eigenvalue weighted by Gasteiger charge is -2.10. The summed E-state index contributed by atoms with van der Waals surface area (Å²) >= 11 is 9.35. The van der Waals surface area contributed by atoms with E-state index in [4.69, 9.17) is 16.3 Å². The molecule has 0 radical (unpaired) electrons. The first kappa shape index (κ1) is 21.8. The molecule has 0 aliphatic heterocycles. The van der Waals surface area contributed by atoms with Crippen LogP contribution in [0.3, 0.4) is 0 Å². The van der Waals surface area contributed by atoms with Crippen molar-refractivity contribution in [1.82, 2.24) is 10.7 Å². The van der Waals surface area contributed by atoms with E-state index in [0.717, 1.165) is 6.42 Å². The maximum Gasteiger partial charge on any atom is 0.329 e. The number of benzene rings is 2. The highest BCUT2D eigenvalue weighted by molar-refractivity contribution is 9.10. The third kappa shape index (κ3) is 6.31. The van der Waals surface area contributed by atoms with Crippen LogP contribution in [0.25, 0.3) is 0 Å². The van der Waals surface area contributed by atoms with Gasteiger partial charge in [0.05, 0.1) is 15.7 Å². The molecule has 28 heavy (non-hydrogen) atoms. The molecule has 0 spiro atoms. The molecule has 2 rings (SSSR count). The van der Waals surface area contributed by atoms with Gasteiger partial charge >= 0.3 is 11.8 Å². The Kier molecular flexibility index (Phi) is 8.41. The van der Waals surface area contributed by atoms with Crippen molar-refractivity contribution in [2.45, 2.75) is 20.0 Å². The van der Waals surface area contributed by atoms with Crippen LogP contribution in [0.4, 0.5) is 4.39 Å². The second kappa shape index (κ2) is 10.8. The molecule has 148 valence electrons. The van der Waals surface area contributed by atoms with Gasteiger partial charge in [-0.25, -0.2) is 9.82 Å². The molecule has 0 heterocycles. The third-order valence-electron chi connectivity index (χ3n) is 3.51. The van der Waals surface area contributed by atoms with E-state index >= 15 is 0 Å². The van der Waals surface area contributed by atoms with Crippen LogP contribution in [-0.2, 0) is 16.2 Å². The lowest BCUT2D eigenvalue weighted by molar-refractivity contribution is -0.139. The van der Waals surface area contributed by atoms with Crippen LogP contribution in [0.5, 0.6) is 5.75 Å². The lowest BCUT2D eigenvalue weighted by atomic mass is 10.2. The predicted octanol–water partition coefficient (Wildman–Crippen LogP) is 3.80. The molecule has 2 N–H and O–H groups in total. The van der Waals surface area contributed by atoms with Crippen LogP contribution in [-0.4, -0.2) is 24.6 Å². The van der Waals surface area contributed by atoms with Crippen molar-refractivity contribution < 1.29 is 18.7 Å². The average molecular weight is 471 g/mol. The third-order valence-corrected chi connectivity index (χ3v) is 4.48. The number of hydrogen-bond donors (Lipinski definition) is 2. The monoisotopic (exact) mass is 469 g/mol. The van der Waals surface area contributed by atoms with Crippen LogP contribution in [0.2, 0.25) is 5.02 Å². The van der Waals surface area contributed by atoms with E-state index in [-0.39, 0.29) is 12.2 Å². The topological polar surface area (TPSA) is 79.8 Å². The molecule has 2 amide bonds. The Hall–Kier alpha value is -2.45. The van der Waals surface area contributed by atoms with Gasteiger partial charge in [-0.3, -0.25) is 9.59 Å². The molecule has 0 bridgehead atoms. The first-order valence-electron chi connectivity index (χ1n) is 8.38. The highest BCUT2D eigenvalue weighted by Crippen LogP contribution is 2.28. The summed E-state index contributed by atoms with van der Waals surface area (Å²) < 4.78 is 20.0. The zero-order valence-corrected chi connectivity index (χ0v) is 17.3. The van der Waals surface area contributed by atoms with Gasteiger partial charge in [-0.2, -0.15) is 5.10 Å². The Morgan fingerprint density at radius 3 is 2.75 bits per heavy atom. The molecule has 0 aliphatic rings. The molecule has 9 heteroatoms. The summed E-state index contributed by atoms with van der Waals surface area (Å²) in [4.78, 5) is 23.0. The highest BCUT2D eigenvalue weighted by atomic mass is 79.9. The summed E-state index contributed by atoms with van der Waals surface area (Å²) in [7, 11) is 0. The molecule has 2 aromatic carbocycles. The maximum atomic E-state index is 13.8. The number of nitrogens with zero attached hydrogens (tertiary/aromatic N) is 1. The molecule has 0 saturated heterocycles. The highest BCUT2D eigenvalue weighted by Gasteiger charge is 2.11.